The van der Waals surface area contributed by atoms with E-state index in [0.29, 0.717) is 21.5 Å². The first-order valence-corrected chi connectivity index (χ1v) is 12.0. The predicted molar refractivity (Wildman–Crippen MR) is 137 cm³/mol. The highest BCUT2D eigenvalue weighted by molar-refractivity contribution is 6.46. The predicted octanol–water partition coefficient (Wildman–Crippen LogP) is 5.21. The lowest BCUT2D eigenvalue weighted by atomic mass is 9.90. The molecule has 38 heavy (non-hydrogen) atoms. The quantitative estimate of drug-likeness (QED) is 0.355. The molecular formula is C28H19ClFN3O5. The van der Waals surface area contributed by atoms with Gasteiger partial charge in [0.1, 0.15) is 22.8 Å². The fraction of sp³-hybridized carbons (Fsp3) is 0.143. The molecular weight excluding hydrogens is 513 g/mol. The molecule has 1 N–H and O–H groups in total. The van der Waals surface area contributed by atoms with Gasteiger partial charge in [-0.3, -0.25) is 19.5 Å². The average Bonchev–Trinajstić information content (AvgIpc) is 3.47. The second kappa shape index (κ2) is 8.81. The van der Waals surface area contributed by atoms with Crippen LogP contribution in [-0.4, -0.2) is 39.5 Å². The molecule has 190 valence electrons. The highest BCUT2D eigenvalue weighted by atomic mass is 35.5. The van der Waals surface area contributed by atoms with Crippen LogP contribution in [0, 0.1) is 5.82 Å². The molecule has 1 aromatic heterocycles. The second-order valence-electron chi connectivity index (χ2n) is 8.98. The summed E-state index contributed by atoms with van der Waals surface area (Å²) in [7, 11) is 1.44. The monoisotopic (exact) mass is 531 g/mol. The minimum atomic E-state index is -1.61. The number of aromatic hydroxyl groups is 1. The van der Waals surface area contributed by atoms with Gasteiger partial charge in [0.25, 0.3) is 5.91 Å². The molecule has 1 amide bonds. The van der Waals surface area contributed by atoms with E-state index in [1.807, 2.05) is 0 Å². The van der Waals surface area contributed by atoms with Gasteiger partial charge in [0.05, 0.1) is 31.2 Å². The smallest absolute Gasteiger partial charge is 0.262 e. The van der Waals surface area contributed by atoms with Crippen LogP contribution in [0.4, 0.5) is 4.39 Å². The third kappa shape index (κ3) is 3.50. The minimum absolute atomic E-state index is 0.0158. The standard InChI is InChI=1S/C28H19ClFN3O5/c1-37-26-19-3-2-12-31-23(19)25(35)21-22(26)28(33(27(21)36)14-15-4-10-18(30)11-5-15)13-20(32-38-28)24(34)16-6-8-17(29)9-7-16/h2-12,35H,13-14H2,1H3. The molecule has 0 saturated carbocycles. The molecule has 6 rings (SSSR count). The third-order valence-corrected chi connectivity index (χ3v) is 7.07. The zero-order valence-corrected chi connectivity index (χ0v) is 20.7. The van der Waals surface area contributed by atoms with Crippen molar-refractivity contribution in [3.05, 3.63) is 100.0 Å². The van der Waals surface area contributed by atoms with Crippen LogP contribution in [0.5, 0.6) is 11.5 Å². The number of benzene rings is 3. The van der Waals surface area contributed by atoms with E-state index in [9.17, 15) is 19.1 Å². The van der Waals surface area contributed by atoms with Gasteiger partial charge in [0.15, 0.2) is 5.75 Å². The van der Waals surface area contributed by atoms with E-state index in [2.05, 4.69) is 10.1 Å². The summed E-state index contributed by atoms with van der Waals surface area (Å²) in [4.78, 5) is 38.9. The van der Waals surface area contributed by atoms with E-state index in [4.69, 9.17) is 21.2 Å². The zero-order chi connectivity index (χ0) is 26.6. The van der Waals surface area contributed by atoms with Crippen molar-refractivity contribution < 1.29 is 28.7 Å². The molecule has 1 spiro atoms. The summed E-state index contributed by atoms with van der Waals surface area (Å²) in [6.45, 7) is -0.0158. The number of phenols is 1. The number of carbonyl (C=O) groups excluding carboxylic acids is 2. The number of phenolic OH excluding ortho intramolecular Hbond substituents is 1. The summed E-state index contributed by atoms with van der Waals surface area (Å²) in [6.07, 6.45) is 1.38. The minimum Gasteiger partial charge on any atom is -0.505 e. The number of aromatic nitrogens is 1. The first-order chi connectivity index (χ1) is 18.3. The first-order valence-electron chi connectivity index (χ1n) is 11.6. The molecule has 2 aliphatic rings. The number of amides is 1. The van der Waals surface area contributed by atoms with E-state index in [1.54, 1.807) is 48.5 Å². The highest BCUT2D eigenvalue weighted by Crippen LogP contribution is 2.55. The number of Topliss-reactive ketones (excluding diaryl/α,β-unsaturated/α-hetero) is 1. The van der Waals surface area contributed by atoms with Crippen LogP contribution < -0.4 is 4.74 Å². The number of hydrogen-bond acceptors (Lipinski definition) is 7. The molecule has 3 heterocycles. The Balaban J connectivity index is 1.52. The Hall–Kier alpha value is -4.50. The van der Waals surface area contributed by atoms with Crippen molar-refractivity contribution in [1.29, 1.82) is 0 Å². The normalized spacial score (nSPS) is 18.0. The number of nitrogens with zero attached hydrogens (tertiary/aromatic N) is 3. The van der Waals surface area contributed by atoms with Gasteiger partial charge in [-0.15, -0.1) is 0 Å². The van der Waals surface area contributed by atoms with Crippen molar-refractivity contribution in [1.82, 2.24) is 9.88 Å². The Morgan fingerprint density at radius 2 is 1.92 bits per heavy atom. The lowest BCUT2D eigenvalue weighted by Gasteiger charge is -2.33. The van der Waals surface area contributed by atoms with Crippen LogP contribution in [0.25, 0.3) is 10.9 Å². The molecule has 2 aliphatic heterocycles. The number of oxime groups is 1. The largest absolute Gasteiger partial charge is 0.505 e. The van der Waals surface area contributed by atoms with Crippen LogP contribution in [0.2, 0.25) is 5.02 Å². The number of methoxy groups -OCH3 is 1. The van der Waals surface area contributed by atoms with Crippen LogP contribution in [-0.2, 0) is 17.1 Å². The molecule has 0 aliphatic carbocycles. The first kappa shape index (κ1) is 23.9. The maximum Gasteiger partial charge on any atom is 0.262 e. The Morgan fingerprint density at radius 3 is 2.63 bits per heavy atom. The van der Waals surface area contributed by atoms with Crippen molar-refractivity contribution in [2.45, 2.75) is 18.7 Å². The summed E-state index contributed by atoms with van der Waals surface area (Å²) in [6, 6.07) is 15.4. The van der Waals surface area contributed by atoms with Crippen LogP contribution >= 0.6 is 11.6 Å². The third-order valence-electron chi connectivity index (χ3n) is 6.82. The number of pyridine rings is 1. The van der Waals surface area contributed by atoms with Gasteiger partial charge < -0.3 is 14.7 Å². The molecule has 0 fully saturated rings. The summed E-state index contributed by atoms with van der Waals surface area (Å²) in [5.74, 6) is -1.45. The summed E-state index contributed by atoms with van der Waals surface area (Å²) >= 11 is 5.97. The van der Waals surface area contributed by atoms with E-state index in [-0.39, 0.29) is 46.8 Å². The molecule has 0 radical (unpaired) electrons. The topological polar surface area (TPSA) is 101 Å². The lowest BCUT2D eigenvalue weighted by molar-refractivity contribution is -0.122. The molecule has 1 atom stereocenters. The zero-order valence-electron chi connectivity index (χ0n) is 19.9. The van der Waals surface area contributed by atoms with Crippen LogP contribution in [0.15, 0.2) is 72.0 Å². The van der Waals surface area contributed by atoms with Crippen LogP contribution in [0.1, 0.15) is 38.3 Å². The van der Waals surface area contributed by atoms with Gasteiger partial charge in [0, 0.05) is 22.2 Å². The maximum absolute atomic E-state index is 13.9. The molecule has 8 nitrogen and oxygen atoms in total. The number of hydrogen-bond donors (Lipinski definition) is 1. The fourth-order valence-electron chi connectivity index (χ4n) is 5.05. The van der Waals surface area contributed by atoms with Gasteiger partial charge in [-0.1, -0.05) is 28.9 Å². The summed E-state index contributed by atoms with van der Waals surface area (Å²) < 4.78 is 19.4. The molecule has 0 saturated heterocycles. The van der Waals surface area contributed by atoms with Gasteiger partial charge >= 0.3 is 0 Å². The van der Waals surface area contributed by atoms with E-state index < -0.39 is 23.2 Å². The number of ether oxygens (including phenoxy) is 1. The Morgan fingerprint density at radius 1 is 1.18 bits per heavy atom. The number of fused-ring (bicyclic) bond motifs is 3. The molecule has 10 heteroatoms. The number of carbonyl (C=O) groups is 2. The fourth-order valence-corrected chi connectivity index (χ4v) is 5.18. The van der Waals surface area contributed by atoms with Gasteiger partial charge in [-0.05, 0) is 54.1 Å². The maximum atomic E-state index is 13.9. The molecule has 0 bridgehead atoms. The van der Waals surface area contributed by atoms with E-state index in [0.717, 1.165) is 0 Å². The van der Waals surface area contributed by atoms with Crippen molar-refractivity contribution in [3.8, 4) is 11.5 Å². The second-order valence-corrected chi connectivity index (χ2v) is 9.41. The van der Waals surface area contributed by atoms with Crippen LogP contribution in [0.3, 0.4) is 0 Å². The Labute approximate surface area is 220 Å². The van der Waals surface area contributed by atoms with Crippen molar-refractivity contribution >= 4 is 39.9 Å². The lowest BCUT2D eigenvalue weighted by Crippen LogP contribution is -2.44. The Kier molecular flexibility index (Phi) is 5.53. The van der Waals surface area contributed by atoms with Crippen molar-refractivity contribution in [2.24, 2.45) is 5.16 Å². The molecule has 1 unspecified atom stereocenters. The van der Waals surface area contributed by atoms with E-state index >= 15 is 0 Å². The van der Waals surface area contributed by atoms with Gasteiger partial charge in [-0.2, -0.15) is 0 Å². The van der Waals surface area contributed by atoms with Crippen molar-refractivity contribution in [3.63, 3.8) is 0 Å². The Bertz CT molecular complexity index is 1660. The highest BCUT2D eigenvalue weighted by Gasteiger charge is 2.59. The molecule has 4 aromatic rings. The number of rotatable bonds is 5. The van der Waals surface area contributed by atoms with Gasteiger partial charge in [0.2, 0.25) is 11.5 Å². The van der Waals surface area contributed by atoms with Crippen molar-refractivity contribution in [2.75, 3.05) is 7.11 Å². The summed E-state index contributed by atoms with van der Waals surface area (Å²) in [5, 5.41) is 16.3. The SMILES string of the molecule is COc1c2c(c(O)c3ncccc13)C(=O)N(Cc1ccc(F)cc1)C21CC(C(=O)c2ccc(Cl)cc2)=NO1. The number of ketones is 1. The molecule has 3 aromatic carbocycles. The number of halogens is 2. The average molecular weight is 532 g/mol. The van der Waals surface area contributed by atoms with E-state index in [1.165, 1.54) is 30.3 Å². The summed E-state index contributed by atoms with van der Waals surface area (Å²) in [5.41, 5.74) is -0.199. The van der Waals surface area contributed by atoms with Gasteiger partial charge in [-0.25, -0.2) is 4.39 Å².